The summed E-state index contributed by atoms with van der Waals surface area (Å²) >= 11 is 5.94. The molecule has 0 bridgehead atoms. The molecule has 1 N–H and O–H groups in total. The molecule has 1 aromatic heterocycles. The number of amides is 2. The van der Waals surface area contributed by atoms with Gasteiger partial charge in [-0.1, -0.05) is 31.0 Å². The summed E-state index contributed by atoms with van der Waals surface area (Å²) in [5.74, 6) is -0.0149. The van der Waals surface area contributed by atoms with Crippen molar-refractivity contribution in [1.29, 1.82) is 0 Å². The van der Waals surface area contributed by atoms with Crippen molar-refractivity contribution >= 4 is 23.5 Å². The molecule has 10 nitrogen and oxygen atoms in total. The number of halogens is 1. The monoisotopic (exact) mass is 421 g/mol. The van der Waals surface area contributed by atoms with E-state index in [1.807, 2.05) is 4.90 Å². The Hall–Kier alpha value is -2.72. The zero-order valence-electron chi connectivity index (χ0n) is 16.3. The number of benzene rings is 1. The minimum atomic E-state index is -0.657. The van der Waals surface area contributed by atoms with Gasteiger partial charge in [-0.25, -0.2) is 9.59 Å². The van der Waals surface area contributed by atoms with E-state index in [2.05, 4.69) is 22.7 Å². The summed E-state index contributed by atoms with van der Waals surface area (Å²) in [6, 6.07) is 6.05. The van der Waals surface area contributed by atoms with E-state index in [0.29, 0.717) is 50.0 Å². The van der Waals surface area contributed by atoms with Gasteiger partial charge in [0.2, 0.25) is 5.91 Å². The summed E-state index contributed by atoms with van der Waals surface area (Å²) in [4.78, 5) is 40.7. The molecule has 0 radical (unpaired) electrons. The third kappa shape index (κ3) is 5.21. The highest BCUT2D eigenvalue weighted by atomic mass is 35.5. The van der Waals surface area contributed by atoms with Crippen LogP contribution in [0.2, 0.25) is 5.02 Å². The Kier molecular flexibility index (Phi) is 6.99. The Morgan fingerprint density at radius 2 is 1.93 bits per heavy atom. The fourth-order valence-corrected chi connectivity index (χ4v) is 3.22. The van der Waals surface area contributed by atoms with E-state index in [1.54, 1.807) is 24.3 Å². The highest BCUT2D eigenvalue weighted by Crippen LogP contribution is 2.12. The largest absolute Gasteiger partial charge is 0.377 e. The van der Waals surface area contributed by atoms with Gasteiger partial charge in [0.1, 0.15) is 0 Å². The number of hydrogen-bond acceptors (Lipinski definition) is 6. The molecule has 3 rings (SSSR count). The first-order valence-corrected chi connectivity index (χ1v) is 9.96. The molecule has 1 saturated heterocycles. The minimum absolute atomic E-state index is 0.0149. The van der Waals surface area contributed by atoms with Crippen LogP contribution in [0.15, 0.2) is 29.1 Å². The van der Waals surface area contributed by atoms with Crippen molar-refractivity contribution in [2.75, 3.05) is 39.3 Å². The number of carbonyl (C=O) groups excluding carboxylic acids is 2. The number of unbranched alkanes of at least 4 members (excludes halogenated alkanes) is 1. The molecule has 2 amide bonds. The fraction of sp³-hybridized carbons (Fsp3) is 0.500. The van der Waals surface area contributed by atoms with Gasteiger partial charge < -0.3 is 10.2 Å². The van der Waals surface area contributed by atoms with Gasteiger partial charge in [-0.2, -0.15) is 4.68 Å². The van der Waals surface area contributed by atoms with Gasteiger partial charge in [0.25, 0.3) is 0 Å². The fourth-order valence-electron chi connectivity index (χ4n) is 3.03. The molecule has 1 aliphatic rings. The first-order chi connectivity index (χ1) is 14.0. The topological polar surface area (TPSA) is 105 Å². The van der Waals surface area contributed by atoms with Crippen LogP contribution in [0.5, 0.6) is 0 Å². The summed E-state index contributed by atoms with van der Waals surface area (Å²) in [5, 5.41) is 10.8. The average Bonchev–Trinajstić information content (AvgIpc) is 3.09. The summed E-state index contributed by atoms with van der Waals surface area (Å²) < 4.78 is 1.77. The molecule has 2 aromatic rings. The molecule has 0 saturated carbocycles. The third-order valence-corrected chi connectivity index (χ3v) is 4.91. The number of aromatic nitrogens is 4. The van der Waals surface area contributed by atoms with Crippen molar-refractivity contribution in [1.82, 2.24) is 34.9 Å². The van der Waals surface area contributed by atoms with E-state index in [-0.39, 0.29) is 5.91 Å². The number of nitrogens with one attached hydrogen (secondary N) is 1. The van der Waals surface area contributed by atoms with Gasteiger partial charge in [0.05, 0.1) is 12.2 Å². The van der Waals surface area contributed by atoms with Gasteiger partial charge >= 0.3 is 11.7 Å². The van der Waals surface area contributed by atoms with Crippen molar-refractivity contribution in [3.05, 3.63) is 39.8 Å². The Morgan fingerprint density at radius 1 is 1.17 bits per heavy atom. The van der Waals surface area contributed by atoms with Crippen LogP contribution in [0.4, 0.5) is 4.79 Å². The predicted molar refractivity (Wildman–Crippen MR) is 107 cm³/mol. The molecule has 0 aliphatic carbocycles. The molecular weight excluding hydrogens is 398 g/mol. The van der Waals surface area contributed by atoms with Gasteiger partial charge in [-0.3, -0.25) is 9.69 Å². The number of piperazine rings is 1. The molecule has 1 aromatic carbocycles. The lowest BCUT2D eigenvalue weighted by atomic mass is 10.3. The predicted octanol–water partition coefficient (Wildman–Crippen LogP) is 0.584. The second-order valence-corrected chi connectivity index (χ2v) is 7.25. The van der Waals surface area contributed by atoms with Crippen LogP contribution >= 0.6 is 11.6 Å². The first-order valence-electron chi connectivity index (χ1n) is 9.59. The van der Waals surface area contributed by atoms with Crippen molar-refractivity contribution < 1.29 is 9.59 Å². The van der Waals surface area contributed by atoms with E-state index < -0.39 is 11.7 Å². The average molecular weight is 422 g/mol. The van der Waals surface area contributed by atoms with Crippen LogP contribution in [-0.4, -0.2) is 80.8 Å². The highest BCUT2D eigenvalue weighted by Gasteiger charge is 2.26. The van der Waals surface area contributed by atoms with Gasteiger partial charge in [0, 0.05) is 37.7 Å². The number of hydrogen-bond donors (Lipinski definition) is 1. The molecule has 0 unspecified atom stereocenters. The first kappa shape index (κ1) is 21.0. The van der Waals surface area contributed by atoms with Crippen LogP contribution in [0.25, 0.3) is 5.69 Å². The highest BCUT2D eigenvalue weighted by molar-refractivity contribution is 6.30. The maximum Gasteiger partial charge on any atom is 0.377 e. The molecule has 0 atom stereocenters. The molecule has 1 fully saturated rings. The van der Waals surface area contributed by atoms with Crippen molar-refractivity contribution in [3.63, 3.8) is 0 Å². The van der Waals surface area contributed by atoms with Crippen LogP contribution in [0, 0.1) is 0 Å². The molecular formula is C18H24ClN7O3. The summed E-state index contributed by atoms with van der Waals surface area (Å²) in [7, 11) is 0. The van der Waals surface area contributed by atoms with Crippen molar-refractivity contribution in [3.8, 4) is 5.69 Å². The Bertz CT molecular complexity index is 918. The lowest BCUT2D eigenvalue weighted by molar-refractivity contribution is -0.122. The van der Waals surface area contributed by atoms with Gasteiger partial charge in [0.15, 0.2) is 0 Å². The lowest BCUT2D eigenvalue weighted by Gasteiger charge is -2.33. The standard InChI is InChI=1S/C18H24ClN7O3/c1-2-3-7-20-16(27)13-23-8-10-24(11-9-23)17(28)26-18(29)25(21-22-26)15-6-4-5-14(19)12-15/h4-6,12H,2-3,7-11,13H2,1H3,(H,20,27). The zero-order valence-corrected chi connectivity index (χ0v) is 17.0. The normalized spacial score (nSPS) is 14.8. The van der Waals surface area contributed by atoms with Crippen molar-refractivity contribution in [2.45, 2.75) is 19.8 Å². The Labute approximate surface area is 173 Å². The van der Waals surface area contributed by atoms with Crippen LogP contribution in [0.3, 0.4) is 0 Å². The smallest absolute Gasteiger partial charge is 0.355 e. The summed E-state index contributed by atoms with van der Waals surface area (Å²) in [6.07, 6.45) is 1.99. The number of nitrogens with zero attached hydrogens (tertiary/aromatic N) is 6. The molecule has 1 aliphatic heterocycles. The maximum absolute atomic E-state index is 12.7. The Morgan fingerprint density at radius 3 is 2.62 bits per heavy atom. The van der Waals surface area contributed by atoms with Crippen molar-refractivity contribution in [2.24, 2.45) is 0 Å². The second-order valence-electron chi connectivity index (χ2n) is 6.81. The van der Waals surface area contributed by atoms with Crippen LogP contribution < -0.4 is 11.0 Å². The Balaban J connectivity index is 1.57. The van der Waals surface area contributed by atoms with Gasteiger partial charge in [-0.05, 0) is 35.0 Å². The van der Waals surface area contributed by atoms with E-state index in [9.17, 15) is 14.4 Å². The summed E-state index contributed by atoms with van der Waals surface area (Å²) in [5.41, 5.74) is -0.226. The molecule has 156 valence electrons. The van der Waals surface area contributed by atoms with E-state index >= 15 is 0 Å². The second kappa shape index (κ2) is 9.66. The minimum Gasteiger partial charge on any atom is -0.355 e. The quantitative estimate of drug-likeness (QED) is 0.540. The molecule has 11 heteroatoms. The van der Waals surface area contributed by atoms with E-state index in [0.717, 1.165) is 22.2 Å². The molecule has 0 spiro atoms. The molecule has 2 heterocycles. The van der Waals surface area contributed by atoms with Gasteiger partial charge in [-0.15, -0.1) is 4.68 Å². The lowest BCUT2D eigenvalue weighted by Crippen LogP contribution is -2.53. The third-order valence-electron chi connectivity index (χ3n) is 4.68. The van der Waals surface area contributed by atoms with Crippen LogP contribution in [0.1, 0.15) is 19.8 Å². The molecule has 29 heavy (non-hydrogen) atoms. The maximum atomic E-state index is 12.7. The number of rotatable bonds is 6. The van der Waals surface area contributed by atoms with E-state index in [1.165, 1.54) is 4.90 Å². The van der Waals surface area contributed by atoms with E-state index in [4.69, 9.17) is 11.6 Å². The SMILES string of the molecule is CCCCNC(=O)CN1CCN(C(=O)n2nnn(-c3cccc(Cl)c3)c2=O)CC1. The number of carbonyl (C=O) groups is 2. The van der Waals surface area contributed by atoms with Crippen LogP contribution in [-0.2, 0) is 4.79 Å². The number of tetrazole rings is 1. The zero-order chi connectivity index (χ0) is 20.8. The summed E-state index contributed by atoms with van der Waals surface area (Å²) in [6.45, 7) is 4.94.